The van der Waals surface area contributed by atoms with E-state index >= 15 is 0 Å². The first-order chi connectivity index (χ1) is 9.57. The summed E-state index contributed by atoms with van der Waals surface area (Å²) in [5.74, 6) is 0. The Labute approximate surface area is 125 Å². The van der Waals surface area contributed by atoms with E-state index in [-0.39, 0.29) is 6.04 Å². The molecule has 120 valence electrons. The third-order valence-electron chi connectivity index (χ3n) is 3.28. The van der Waals surface area contributed by atoms with Crippen molar-refractivity contribution in [3.05, 3.63) is 16.1 Å². The van der Waals surface area contributed by atoms with Crippen LogP contribution in [0.5, 0.6) is 0 Å². The number of hydrogen-bond donors (Lipinski definition) is 0. The number of rotatable bonds is 3. The zero-order chi connectivity index (χ0) is 15.8. The minimum absolute atomic E-state index is 0.198. The molecular formula is C11H16F3N3O2S2. The highest BCUT2D eigenvalue weighted by Gasteiger charge is 2.34. The molecule has 0 unspecified atom stereocenters. The van der Waals surface area contributed by atoms with Crippen molar-refractivity contribution in [2.45, 2.75) is 25.7 Å². The second kappa shape index (κ2) is 5.82. The zero-order valence-electron chi connectivity index (χ0n) is 11.6. The van der Waals surface area contributed by atoms with Crippen molar-refractivity contribution in [1.82, 2.24) is 14.2 Å². The van der Waals surface area contributed by atoms with Crippen LogP contribution in [-0.4, -0.2) is 54.5 Å². The summed E-state index contributed by atoms with van der Waals surface area (Å²) in [6.07, 6.45) is -3.26. The molecule has 1 fully saturated rings. The van der Waals surface area contributed by atoms with E-state index in [0.717, 1.165) is 23.0 Å². The topological polar surface area (TPSA) is 53.5 Å². The summed E-state index contributed by atoms with van der Waals surface area (Å²) in [6.45, 7) is 3.41. The predicted octanol–water partition coefficient (Wildman–Crippen LogP) is 1.63. The van der Waals surface area contributed by atoms with Gasteiger partial charge in [0.05, 0.1) is 12.8 Å². The maximum Gasteiger partial charge on any atom is 0.434 e. The molecule has 0 bridgehead atoms. The molecule has 1 atom stereocenters. The highest BCUT2D eigenvalue weighted by Crippen LogP contribution is 2.30. The molecule has 1 saturated heterocycles. The first kappa shape index (κ1) is 16.7. The van der Waals surface area contributed by atoms with Crippen LogP contribution in [0.4, 0.5) is 13.2 Å². The first-order valence-corrected chi connectivity index (χ1v) is 9.01. The molecule has 0 amide bonds. The van der Waals surface area contributed by atoms with Crippen LogP contribution in [0.3, 0.4) is 0 Å². The number of halogens is 3. The summed E-state index contributed by atoms with van der Waals surface area (Å²) in [5.41, 5.74) is -0.870. The highest BCUT2D eigenvalue weighted by atomic mass is 32.2. The maximum absolute atomic E-state index is 12.5. The molecule has 0 N–H and O–H groups in total. The van der Waals surface area contributed by atoms with Crippen LogP contribution < -0.4 is 0 Å². The van der Waals surface area contributed by atoms with Gasteiger partial charge in [-0.2, -0.15) is 17.5 Å². The van der Waals surface area contributed by atoms with Gasteiger partial charge < -0.3 is 0 Å². The Morgan fingerprint density at radius 1 is 1.43 bits per heavy atom. The second-order valence-corrected chi connectivity index (χ2v) is 7.96. The third kappa shape index (κ3) is 4.15. The Hall–Kier alpha value is -0.710. The van der Waals surface area contributed by atoms with Crippen LogP contribution in [-0.2, 0) is 22.7 Å². The van der Waals surface area contributed by atoms with E-state index < -0.39 is 21.9 Å². The largest absolute Gasteiger partial charge is 0.434 e. The summed E-state index contributed by atoms with van der Waals surface area (Å²) >= 11 is 0.973. The fourth-order valence-electron chi connectivity index (χ4n) is 2.36. The van der Waals surface area contributed by atoms with Crippen molar-refractivity contribution in [2.24, 2.45) is 0 Å². The van der Waals surface area contributed by atoms with Gasteiger partial charge in [0.2, 0.25) is 10.0 Å². The average molecular weight is 343 g/mol. The molecular weight excluding hydrogens is 327 g/mol. The molecule has 0 spiro atoms. The molecule has 0 aliphatic carbocycles. The Bertz CT molecular complexity index is 600. The molecule has 1 aromatic heterocycles. The molecule has 1 aliphatic heterocycles. The van der Waals surface area contributed by atoms with Crippen molar-refractivity contribution >= 4 is 21.4 Å². The van der Waals surface area contributed by atoms with Crippen molar-refractivity contribution in [3.8, 4) is 0 Å². The zero-order valence-corrected chi connectivity index (χ0v) is 13.2. The first-order valence-electron chi connectivity index (χ1n) is 6.28. The standard InChI is InChI=1S/C11H16F3N3O2S2/c1-8-5-16(3-4-17(8)21(2,18)19)6-10-15-9(7-20-10)11(12,13)14/h7-8H,3-6H2,1-2H3/t8-/m0/s1. The lowest BCUT2D eigenvalue weighted by atomic mass is 10.2. The van der Waals surface area contributed by atoms with Gasteiger partial charge in [-0.05, 0) is 6.92 Å². The van der Waals surface area contributed by atoms with Crippen LogP contribution in [0.1, 0.15) is 17.6 Å². The van der Waals surface area contributed by atoms with E-state index in [0.29, 0.717) is 31.2 Å². The summed E-state index contributed by atoms with van der Waals surface area (Å²) in [4.78, 5) is 5.51. The van der Waals surface area contributed by atoms with Crippen molar-refractivity contribution in [3.63, 3.8) is 0 Å². The van der Waals surface area contributed by atoms with Crippen molar-refractivity contribution < 1.29 is 21.6 Å². The normalized spacial score (nSPS) is 22.6. The van der Waals surface area contributed by atoms with Gasteiger partial charge in [0.25, 0.3) is 0 Å². The molecule has 2 rings (SSSR count). The van der Waals surface area contributed by atoms with E-state index in [1.807, 2.05) is 4.90 Å². The number of thiazole rings is 1. The summed E-state index contributed by atoms with van der Waals surface area (Å²) in [5, 5.41) is 1.40. The summed E-state index contributed by atoms with van der Waals surface area (Å²) < 4.78 is 61.9. The number of nitrogens with zero attached hydrogens (tertiary/aromatic N) is 3. The average Bonchev–Trinajstić information content (AvgIpc) is 2.75. The Morgan fingerprint density at radius 3 is 2.57 bits per heavy atom. The Morgan fingerprint density at radius 2 is 2.10 bits per heavy atom. The molecule has 1 aliphatic rings. The van der Waals surface area contributed by atoms with E-state index in [2.05, 4.69) is 4.98 Å². The number of alkyl halides is 3. The van der Waals surface area contributed by atoms with Crippen LogP contribution in [0, 0.1) is 0 Å². The lowest BCUT2D eigenvalue weighted by Gasteiger charge is -2.37. The van der Waals surface area contributed by atoms with Gasteiger partial charge in [0, 0.05) is 31.1 Å². The lowest BCUT2D eigenvalue weighted by molar-refractivity contribution is -0.140. The van der Waals surface area contributed by atoms with Gasteiger partial charge in [-0.15, -0.1) is 11.3 Å². The van der Waals surface area contributed by atoms with Crippen LogP contribution in [0.15, 0.2) is 5.38 Å². The number of hydrogen-bond acceptors (Lipinski definition) is 5. The SMILES string of the molecule is C[C@H]1CN(Cc2nc(C(F)(F)F)cs2)CCN1S(C)(=O)=O. The smallest absolute Gasteiger partial charge is 0.294 e. The van der Waals surface area contributed by atoms with E-state index in [9.17, 15) is 21.6 Å². The van der Waals surface area contributed by atoms with E-state index in [1.54, 1.807) is 6.92 Å². The molecule has 0 saturated carbocycles. The van der Waals surface area contributed by atoms with Gasteiger partial charge >= 0.3 is 6.18 Å². The maximum atomic E-state index is 12.5. The van der Waals surface area contributed by atoms with Crippen LogP contribution in [0.25, 0.3) is 0 Å². The molecule has 2 heterocycles. The fraction of sp³-hybridized carbons (Fsp3) is 0.727. The van der Waals surface area contributed by atoms with E-state index in [4.69, 9.17) is 0 Å². The second-order valence-electron chi connectivity index (χ2n) is 5.08. The van der Waals surface area contributed by atoms with Crippen LogP contribution in [0.2, 0.25) is 0 Å². The van der Waals surface area contributed by atoms with Gasteiger partial charge in [-0.1, -0.05) is 0 Å². The lowest BCUT2D eigenvalue weighted by Crippen LogP contribution is -2.53. The number of aromatic nitrogens is 1. The molecule has 0 aromatic carbocycles. The van der Waals surface area contributed by atoms with Crippen molar-refractivity contribution in [2.75, 3.05) is 25.9 Å². The summed E-state index contributed by atoms with van der Waals surface area (Å²) in [7, 11) is -3.24. The monoisotopic (exact) mass is 343 g/mol. The Kier molecular flexibility index (Phi) is 4.62. The number of piperazine rings is 1. The van der Waals surface area contributed by atoms with Crippen molar-refractivity contribution in [1.29, 1.82) is 0 Å². The quantitative estimate of drug-likeness (QED) is 0.837. The van der Waals surface area contributed by atoms with Gasteiger partial charge in [-0.3, -0.25) is 4.90 Å². The molecule has 1 aromatic rings. The predicted molar refractivity (Wildman–Crippen MR) is 73.4 cm³/mol. The minimum Gasteiger partial charge on any atom is -0.294 e. The fourth-order valence-corrected chi connectivity index (χ4v) is 4.33. The third-order valence-corrected chi connectivity index (χ3v) is 5.51. The van der Waals surface area contributed by atoms with Gasteiger partial charge in [0.15, 0.2) is 5.69 Å². The highest BCUT2D eigenvalue weighted by molar-refractivity contribution is 7.88. The van der Waals surface area contributed by atoms with E-state index in [1.165, 1.54) is 4.31 Å². The Balaban J connectivity index is 1.98. The molecule has 5 nitrogen and oxygen atoms in total. The molecule has 0 radical (unpaired) electrons. The van der Waals surface area contributed by atoms with Gasteiger partial charge in [0.1, 0.15) is 5.01 Å². The number of sulfonamides is 1. The molecule has 21 heavy (non-hydrogen) atoms. The van der Waals surface area contributed by atoms with Gasteiger partial charge in [-0.25, -0.2) is 13.4 Å². The minimum atomic E-state index is -4.42. The van der Waals surface area contributed by atoms with Crippen LogP contribution >= 0.6 is 11.3 Å². The molecule has 10 heteroatoms. The summed E-state index contributed by atoms with van der Waals surface area (Å²) in [6, 6.07) is -0.198.